The van der Waals surface area contributed by atoms with Gasteiger partial charge in [0.25, 0.3) is 0 Å². The standard InChI is InChI=1S/C13H16N4O2S/c1-13(2,3)19-12(18)17-7-15-9-6-8(16-11(14)20)4-5-10(9)17/h4-7H,1-3H3,(H3,14,16,20). The molecule has 2 rings (SSSR count). The summed E-state index contributed by atoms with van der Waals surface area (Å²) in [5, 5.41) is 2.99. The van der Waals surface area contributed by atoms with Gasteiger partial charge in [0, 0.05) is 5.69 Å². The van der Waals surface area contributed by atoms with Gasteiger partial charge < -0.3 is 15.8 Å². The van der Waals surface area contributed by atoms with Crippen LogP contribution in [0.25, 0.3) is 11.0 Å². The van der Waals surface area contributed by atoms with E-state index >= 15 is 0 Å². The summed E-state index contributed by atoms with van der Waals surface area (Å²) in [5.74, 6) is 0. The van der Waals surface area contributed by atoms with Crippen molar-refractivity contribution in [2.24, 2.45) is 5.73 Å². The number of hydrogen-bond donors (Lipinski definition) is 2. The van der Waals surface area contributed by atoms with Gasteiger partial charge in [-0.25, -0.2) is 14.3 Å². The fourth-order valence-corrected chi connectivity index (χ4v) is 1.81. The molecule has 0 unspecified atom stereocenters. The Kier molecular flexibility index (Phi) is 3.63. The second-order valence-electron chi connectivity index (χ2n) is 5.29. The van der Waals surface area contributed by atoms with Crippen LogP contribution in [0.4, 0.5) is 10.5 Å². The van der Waals surface area contributed by atoms with Gasteiger partial charge in [-0.1, -0.05) is 0 Å². The predicted molar refractivity (Wildman–Crippen MR) is 81.8 cm³/mol. The molecule has 1 aromatic carbocycles. The van der Waals surface area contributed by atoms with Crippen molar-refractivity contribution in [2.75, 3.05) is 5.32 Å². The lowest BCUT2D eigenvalue weighted by Crippen LogP contribution is -2.26. The van der Waals surface area contributed by atoms with Crippen molar-refractivity contribution in [3.05, 3.63) is 24.5 Å². The Morgan fingerprint density at radius 3 is 2.75 bits per heavy atom. The minimum atomic E-state index is -0.555. The number of hydrogen-bond acceptors (Lipinski definition) is 4. The molecule has 0 bridgehead atoms. The number of nitrogens with two attached hydrogens (primary N) is 1. The third-order valence-corrected chi connectivity index (χ3v) is 2.51. The number of ether oxygens (including phenoxy) is 1. The molecular formula is C13H16N4O2S. The SMILES string of the molecule is CC(C)(C)OC(=O)n1cnc2cc(NC(N)=S)ccc21. The number of carbonyl (C=O) groups excluding carboxylic acids is 1. The number of imidazole rings is 1. The lowest BCUT2D eigenvalue weighted by Gasteiger charge is -2.19. The third-order valence-electron chi connectivity index (χ3n) is 2.40. The van der Waals surface area contributed by atoms with Gasteiger partial charge in [-0.2, -0.15) is 0 Å². The monoisotopic (exact) mass is 292 g/mol. The first-order valence-corrected chi connectivity index (χ1v) is 6.44. The minimum absolute atomic E-state index is 0.177. The number of aromatic nitrogens is 2. The second-order valence-corrected chi connectivity index (χ2v) is 5.73. The highest BCUT2D eigenvalue weighted by molar-refractivity contribution is 7.80. The summed E-state index contributed by atoms with van der Waals surface area (Å²) in [7, 11) is 0. The zero-order valence-electron chi connectivity index (χ0n) is 11.5. The number of anilines is 1. The minimum Gasteiger partial charge on any atom is -0.443 e. The van der Waals surface area contributed by atoms with Gasteiger partial charge in [-0.05, 0) is 51.2 Å². The average molecular weight is 292 g/mol. The molecule has 6 nitrogen and oxygen atoms in total. The Balaban J connectivity index is 2.33. The molecule has 0 amide bonds. The molecule has 7 heteroatoms. The number of nitrogens with one attached hydrogen (secondary N) is 1. The topological polar surface area (TPSA) is 82.2 Å². The smallest absolute Gasteiger partial charge is 0.420 e. The molecule has 0 aliphatic heterocycles. The summed E-state index contributed by atoms with van der Waals surface area (Å²) in [6.07, 6.45) is 0.971. The zero-order chi connectivity index (χ0) is 14.9. The van der Waals surface area contributed by atoms with Crippen molar-refractivity contribution in [3.63, 3.8) is 0 Å². The van der Waals surface area contributed by atoms with Crippen molar-refractivity contribution in [2.45, 2.75) is 26.4 Å². The first kappa shape index (κ1) is 14.3. The second kappa shape index (κ2) is 5.09. The van der Waals surface area contributed by atoms with Crippen LogP contribution >= 0.6 is 12.2 Å². The van der Waals surface area contributed by atoms with Crippen LogP contribution in [0.15, 0.2) is 24.5 Å². The normalized spacial score (nSPS) is 11.3. The molecule has 106 valence electrons. The van der Waals surface area contributed by atoms with Crippen molar-refractivity contribution < 1.29 is 9.53 Å². The first-order valence-electron chi connectivity index (χ1n) is 6.03. The fraction of sp³-hybridized carbons (Fsp3) is 0.308. The Bertz CT molecular complexity index is 673. The van der Waals surface area contributed by atoms with Gasteiger partial charge in [0.1, 0.15) is 11.9 Å². The molecule has 0 aliphatic rings. The number of benzene rings is 1. The summed E-state index contributed by atoms with van der Waals surface area (Å²) in [4.78, 5) is 16.2. The largest absolute Gasteiger partial charge is 0.443 e. The number of thiocarbonyl (C=S) groups is 1. The van der Waals surface area contributed by atoms with Crippen LogP contribution in [0.5, 0.6) is 0 Å². The average Bonchev–Trinajstić information content (AvgIpc) is 2.68. The summed E-state index contributed by atoms with van der Waals surface area (Å²) >= 11 is 4.77. The Hall–Kier alpha value is -2.15. The van der Waals surface area contributed by atoms with Crippen molar-refractivity contribution in [1.29, 1.82) is 0 Å². The highest BCUT2D eigenvalue weighted by Crippen LogP contribution is 2.19. The first-order chi connectivity index (χ1) is 9.26. The molecule has 0 radical (unpaired) electrons. The Morgan fingerprint density at radius 2 is 2.15 bits per heavy atom. The Labute approximate surface area is 121 Å². The third kappa shape index (κ3) is 3.24. The van der Waals surface area contributed by atoms with Crippen LogP contribution in [-0.2, 0) is 4.74 Å². The maximum absolute atomic E-state index is 12.0. The van der Waals surface area contributed by atoms with Crippen LogP contribution in [0, 0.1) is 0 Å². The molecule has 1 heterocycles. The van der Waals surface area contributed by atoms with E-state index in [2.05, 4.69) is 10.3 Å². The molecule has 0 fully saturated rings. The zero-order valence-corrected chi connectivity index (χ0v) is 12.3. The lowest BCUT2D eigenvalue weighted by atomic mass is 10.2. The van der Waals surface area contributed by atoms with E-state index in [-0.39, 0.29) is 5.11 Å². The molecule has 20 heavy (non-hydrogen) atoms. The maximum atomic E-state index is 12.0. The van der Waals surface area contributed by atoms with Gasteiger partial charge in [-0.3, -0.25) is 0 Å². The maximum Gasteiger partial charge on any atom is 0.420 e. The number of carbonyl (C=O) groups is 1. The van der Waals surface area contributed by atoms with E-state index in [1.807, 2.05) is 20.8 Å². The van der Waals surface area contributed by atoms with E-state index in [0.29, 0.717) is 11.0 Å². The van der Waals surface area contributed by atoms with E-state index in [0.717, 1.165) is 5.69 Å². The molecule has 0 spiro atoms. The van der Waals surface area contributed by atoms with E-state index in [9.17, 15) is 4.79 Å². The number of rotatable bonds is 1. The summed E-state index contributed by atoms with van der Waals surface area (Å²) < 4.78 is 6.68. The van der Waals surface area contributed by atoms with Gasteiger partial charge in [0.15, 0.2) is 5.11 Å². The van der Waals surface area contributed by atoms with E-state index < -0.39 is 11.7 Å². The number of nitrogens with zero attached hydrogens (tertiary/aromatic N) is 2. The van der Waals surface area contributed by atoms with Gasteiger partial charge >= 0.3 is 6.09 Å². The molecule has 3 N–H and O–H groups in total. The summed E-state index contributed by atoms with van der Waals surface area (Å²) in [5.41, 5.74) is 6.89. The van der Waals surface area contributed by atoms with Crippen molar-refractivity contribution >= 4 is 40.1 Å². The molecule has 0 saturated heterocycles. The lowest BCUT2D eigenvalue weighted by molar-refractivity contribution is 0.0543. The van der Waals surface area contributed by atoms with E-state index in [1.165, 1.54) is 10.9 Å². The van der Waals surface area contributed by atoms with Crippen LogP contribution in [0.1, 0.15) is 20.8 Å². The molecule has 1 aromatic heterocycles. The quantitative estimate of drug-likeness (QED) is 0.786. The van der Waals surface area contributed by atoms with Gasteiger partial charge in [0.05, 0.1) is 11.0 Å². The van der Waals surface area contributed by atoms with Gasteiger partial charge in [-0.15, -0.1) is 0 Å². The molecule has 0 atom stereocenters. The highest BCUT2D eigenvalue weighted by Gasteiger charge is 2.19. The molecular weight excluding hydrogens is 276 g/mol. The number of fused-ring (bicyclic) bond motifs is 1. The van der Waals surface area contributed by atoms with Crippen molar-refractivity contribution in [1.82, 2.24) is 9.55 Å². The highest BCUT2D eigenvalue weighted by atomic mass is 32.1. The Morgan fingerprint density at radius 1 is 1.45 bits per heavy atom. The molecule has 0 saturated carbocycles. The summed E-state index contributed by atoms with van der Waals surface area (Å²) in [6, 6.07) is 5.28. The van der Waals surface area contributed by atoms with Gasteiger partial charge in [0.2, 0.25) is 0 Å². The molecule has 2 aromatic rings. The van der Waals surface area contributed by atoms with E-state index in [1.54, 1.807) is 18.2 Å². The molecule has 0 aliphatic carbocycles. The van der Waals surface area contributed by atoms with Crippen LogP contribution in [0.2, 0.25) is 0 Å². The van der Waals surface area contributed by atoms with E-state index in [4.69, 9.17) is 22.7 Å². The fourth-order valence-electron chi connectivity index (χ4n) is 1.69. The predicted octanol–water partition coefficient (Wildman–Crippen LogP) is 2.48. The summed E-state index contributed by atoms with van der Waals surface area (Å²) in [6.45, 7) is 5.44. The van der Waals surface area contributed by atoms with Crippen molar-refractivity contribution in [3.8, 4) is 0 Å². The van der Waals surface area contributed by atoms with Crippen LogP contribution in [-0.4, -0.2) is 26.4 Å². The van der Waals surface area contributed by atoms with Crippen LogP contribution < -0.4 is 11.1 Å². The van der Waals surface area contributed by atoms with Crippen LogP contribution in [0.3, 0.4) is 0 Å².